The molecule has 0 aliphatic carbocycles. The summed E-state index contributed by atoms with van der Waals surface area (Å²) in [6, 6.07) is 0. The predicted octanol–water partition coefficient (Wildman–Crippen LogP) is -4.20. The molecule has 0 saturated carbocycles. The van der Waals surface area contributed by atoms with Gasteiger partial charge in [0.2, 0.25) is 0 Å². The van der Waals surface area contributed by atoms with Crippen LogP contribution in [0.2, 0.25) is 0 Å². The van der Waals surface area contributed by atoms with Gasteiger partial charge in [0, 0.05) is 0 Å². The zero-order valence-corrected chi connectivity index (χ0v) is 4.88. The maximum absolute atomic E-state index is 7.73. The minimum atomic E-state index is -1.55. The van der Waals surface area contributed by atoms with Crippen LogP contribution in [0.4, 0.5) is 0 Å². The van der Waals surface area contributed by atoms with E-state index >= 15 is 0 Å². The molecule has 0 amide bonds. The van der Waals surface area contributed by atoms with E-state index in [2.05, 4.69) is 4.34 Å². The normalized spacial score (nSPS) is 7.00. The van der Waals surface area contributed by atoms with Crippen LogP contribution in [-0.2, 0) is 4.34 Å². The molecule has 2 N–H and O–H groups in total. The van der Waals surface area contributed by atoms with E-state index in [1.165, 1.54) is 0 Å². The second-order valence-electron chi connectivity index (χ2n) is 0.562. The van der Waals surface area contributed by atoms with Crippen molar-refractivity contribution in [1.29, 1.82) is 0 Å². The van der Waals surface area contributed by atoms with Crippen LogP contribution >= 0.6 is 0 Å². The van der Waals surface area contributed by atoms with Gasteiger partial charge in [0.25, 0.3) is 0 Å². The van der Waals surface area contributed by atoms with E-state index < -0.39 is 7.32 Å². The molecule has 0 atom stereocenters. The summed E-state index contributed by atoms with van der Waals surface area (Å²) >= 11 is 0. The van der Waals surface area contributed by atoms with Gasteiger partial charge < -0.3 is 14.4 Å². The van der Waals surface area contributed by atoms with E-state index in [-0.39, 0.29) is 17.6 Å². The van der Waals surface area contributed by atoms with Crippen LogP contribution < -0.4 is 0 Å². The molecule has 0 bridgehead atoms. The standard InChI is InChI=1S/BH5O3Si.GeH4/c2-1(3)4-5;/h2-3H,5H3;1H4. The number of hydrogen-bond donors (Lipinski definition) is 2. The van der Waals surface area contributed by atoms with Crippen LogP contribution in [0.1, 0.15) is 0 Å². The summed E-state index contributed by atoms with van der Waals surface area (Å²) in [7, 11) is -1.18. The topological polar surface area (TPSA) is 49.7 Å². The van der Waals surface area contributed by atoms with Gasteiger partial charge in [-0.15, -0.1) is 0 Å². The van der Waals surface area contributed by atoms with Crippen LogP contribution in [0.15, 0.2) is 0 Å². The molecule has 0 heterocycles. The zero-order chi connectivity index (χ0) is 4.28. The molecule has 6 heteroatoms. The van der Waals surface area contributed by atoms with Crippen LogP contribution in [0.3, 0.4) is 0 Å². The van der Waals surface area contributed by atoms with E-state index in [1.807, 2.05) is 0 Å². The molecule has 0 aliphatic heterocycles. The average Bonchev–Trinajstić information content (AvgIpc) is 1.38. The molecule has 0 aromatic heterocycles. The molecule has 0 unspecified atom stereocenters. The van der Waals surface area contributed by atoms with Crippen LogP contribution in [0.5, 0.6) is 0 Å². The summed E-state index contributed by atoms with van der Waals surface area (Å²) in [6.07, 6.45) is 0. The monoisotopic (exact) mass is 170 g/mol. The fourth-order valence-electron chi connectivity index (χ4n) is 0. The molecule has 0 aromatic carbocycles. The van der Waals surface area contributed by atoms with Crippen molar-refractivity contribution in [3.05, 3.63) is 0 Å². The van der Waals surface area contributed by atoms with Gasteiger partial charge in [-0.1, -0.05) is 0 Å². The molecule has 38 valence electrons. The Morgan fingerprint density at radius 1 is 1.50 bits per heavy atom. The van der Waals surface area contributed by atoms with Gasteiger partial charge >= 0.3 is 24.9 Å². The molecule has 0 rings (SSSR count). The van der Waals surface area contributed by atoms with Crippen molar-refractivity contribution >= 4 is 35.4 Å². The Hall–Kier alpha value is 0.705. The molecule has 0 fully saturated rings. The van der Waals surface area contributed by atoms with Gasteiger partial charge in [-0.25, -0.2) is 0 Å². The summed E-state index contributed by atoms with van der Waals surface area (Å²) in [5.41, 5.74) is 0. The molecule has 0 saturated heterocycles. The van der Waals surface area contributed by atoms with Crippen molar-refractivity contribution in [3.63, 3.8) is 0 Å². The molecule has 0 radical (unpaired) electrons. The quantitative estimate of drug-likeness (QED) is 0.391. The van der Waals surface area contributed by atoms with E-state index in [1.54, 1.807) is 0 Å². The van der Waals surface area contributed by atoms with E-state index in [0.717, 1.165) is 0 Å². The third-order valence-corrected chi connectivity index (χ3v) is 0.632. The SMILES string of the molecule is OB(O)O[SiH3].[GeH4]. The van der Waals surface area contributed by atoms with Crippen LogP contribution in [-0.4, -0.2) is 45.5 Å². The Bertz CT molecular complexity index is 24.8. The molecule has 3 nitrogen and oxygen atoms in total. The third kappa shape index (κ3) is 8.83. The average molecular weight is 169 g/mol. The summed E-state index contributed by atoms with van der Waals surface area (Å²) < 4.78 is 4.00. The van der Waals surface area contributed by atoms with Crippen LogP contribution in [0, 0.1) is 0 Å². The van der Waals surface area contributed by atoms with Crippen molar-refractivity contribution in [2.24, 2.45) is 0 Å². The number of hydrogen-bond acceptors (Lipinski definition) is 3. The molecule has 0 aliphatic rings. The zero-order valence-electron chi connectivity index (χ0n) is 2.88. The van der Waals surface area contributed by atoms with Crippen molar-refractivity contribution in [3.8, 4) is 0 Å². The second kappa shape index (κ2) is 5.70. The Morgan fingerprint density at radius 3 is 1.67 bits per heavy atom. The second-order valence-corrected chi connectivity index (χ2v) is 1.03. The van der Waals surface area contributed by atoms with Crippen molar-refractivity contribution < 1.29 is 14.4 Å². The van der Waals surface area contributed by atoms with Gasteiger partial charge in [-0.05, 0) is 0 Å². The third-order valence-electron chi connectivity index (χ3n) is 0.211. The Balaban J connectivity index is 0. The molecule has 6 heavy (non-hydrogen) atoms. The first-order valence-corrected chi connectivity index (χ1v) is 1.98. The molecular weight excluding hydrogens is 160 g/mol. The number of rotatable bonds is 1. The Morgan fingerprint density at radius 2 is 1.67 bits per heavy atom. The molecule has 0 aromatic rings. The Labute approximate surface area is 50.4 Å². The summed E-state index contributed by atoms with van der Waals surface area (Å²) in [6.45, 7) is 0. The first kappa shape index (κ1) is 9.86. The fraction of sp³-hybridized carbons (Fsp3) is 0. The van der Waals surface area contributed by atoms with Gasteiger partial charge in [-0.2, -0.15) is 0 Å². The van der Waals surface area contributed by atoms with Crippen molar-refractivity contribution in [2.75, 3.05) is 0 Å². The van der Waals surface area contributed by atoms with Gasteiger partial charge in [0.05, 0.1) is 0 Å². The van der Waals surface area contributed by atoms with Crippen molar-refractivity contribution in [1.82, 2.24) is 0 Å². The molecule has 0 spiro atoms. The molecular formula is H9BGeO3Si. The van der Waals surface area contributed by atoms with E-state index in [0.29, 0.717) is 10.5 Å². The van der Waals surface area contributed by atoms with Gasteiger partial charge in [0.1, 0.15) is 10.5 Å². The van der Waals surface area contributed by atoms with Gasteiger partial charge in [-0.3, -0.25) is 0 Å². The summed E-state index contributed by atoms with van der Waals surface area (Å²) in [5.74, 6) is 0. The van der Waals surface area contributed by atoms with Crippen molar-refractivity contribution in [2.45, 2.75) is 0 Å². The van der Waals surface area contributed by atoms with E-state index in [4.69, 9.17) is 10.0 Å². The predicted molar refractivity (Wildman–Crippen MR) is 32.5 cm³/mol. The summed E-state index contributed by atoms with van der Waals surface area (Å²) in [4.78, 5) is 0. The maximum atomic E-state index is 7.73. The minimum absolute atomic E-state index is 0. The van der Waals surface area contributed by atoms with Gasteiger partial charge in [0.15, 0.2) is 0 Å². The van der Waals surface area contributed by atoms with E-state index in [9.17, 15) is 0 Å². The fourth-order valence-corrected chi connectivity index (χ4v) is 0. The summed E-state index contributed by atoms with van der Waals surface area (Å²) in [5, 5.41) is 15.5. The van der Waals surface area contributed by atoms with Crippen LogP contribution in [0.25, 0.3) is 0 Å². The Kier molecular flexibility index (Phi) is 9.37. The first-order chi connectivity index (χ1) is 2.27. The first-order valence-electron chi connectivity index (χ1n) is 1.16.